The second-order valence-electron chi connectivity index (χ2n) is 8.40. The van der Waals surface area contributed by atoms with E-state index in [1.54, 1.807) is 49.3 Å². The Morgan fingerprint density at radius 2 is 1.97 bits per heavy atom. The van der Waals surface area contributed by atoms with E-state index in [4.69, 9.17) is 16.3 Å². The first-order chi connectivity index (χ1) is 15.5. The van der Waals surface area contributed by atoms with Gasteiger partial charge >= 0.3 is 0 Å². The number of carbonyl (C=O) groups is 1. The molecule has 0 saturated carbocycles. The first kappa shape index (κ1) is 25.6. The van der Waals surface area contributed by atoms with Gasteiger partial charge in [0.05, 0.1) is 17.1 Å². The molecule has 10 heteroatoms. The fraction of sp³-hybridized carbons (Fsp3) is 0.478. The topological polar surface area (TPSA) is 100 Å². The number of amides is 1. The zero-order valence-corrected chi connectivity index (χ0v) is 20.7. The number of carbonyl (C=O) groups excluding carboxylic acids is 1. The third kappa shape index (κ3) is 5.91. The van der Waals surface area contributed by atoms with E-state index in [1.165, 1.54) is 11.4 Å². The highest BCUT2D eigenvalue weighted by Gasteiger charge is 2.35. The van der Waals surface area contributed by atoms with Crippen molar-refractivity contribution in [2.45, 2.75) is 37.2 Å². The van der Waals surface area contributed by atoms with Crippen LogP contribution in [0.25, 0.3) is 0 Å². The average Bonchev–Trinajstić information content (AvgIpc) is 2.79. The first-order valence-corrected chi connectivity index (χ1v) is 12.6. The molecule has 0 spiro atoms. The van der Waals surface area contributed by atoms with Crippen LogP contribution < -0.4 is 0 Å². The summed E-state index contributed by atoms with van der Waals surface area (Å²) in [4.78, 5) is 18.4. The number of ether oxygens (including phenoxy) is 1. The van der Waals surface area contributed by atoms with Gasteiger partial charge in [-0.3, -0.25) is 9.78 Å². The van der Waals surface area contributed by atoms with Gasteiger partial charge in [0, 0.05) is 49.7 Å². The number of likely N-dealkylation sites (tertiary alicyclic amines) is 1. The van der Waals surface area contributed by atoms with Gasteiger partial charge < -0.3 is 14.7 Å². The summed E-state index contributed by atoms with van der Waals surface area (Å²) in [6.07, 6.45) is 4.15. The lowest BCUT2D eigenvalue weighted by Gasteiger charge is -2.38. The number of benzene rings is 1. The van der Waals surface area contributed by atoms with Gasteiger partial charge in [-0.15, -0.1) is 0 Å². The highest BCUT2D eigenvalue weighted by Crippen LogP contribution is 2.32. The van der Waals surface area contributed by atoms with Crippen LogP contribution >= 0.6 is 11.6 Å². The summed E-state index contributed by atoms with van der Waals surface area (Å²) < 4.78 is 32.5. The molecule has 1 aromatic heterocycles. The monoisotopic (exact) mass is 495 g/mol. The molecular formula is C23H30ClN3O5S. The Kier molecular flexibility index (Phi) is 8.13. The van der Waals surface area contributed by atoms with E-state index in [2.05, 4.69) is 4.98 Å². The van der Waals surface area contributed by atoms with Crippen LogP contribution in [-0.4, -0.2) is 73.5 Å². The third-order valence-electron chi connectivity index (χ3n) is 6.06. The largest absolute Gasteiger partial charge is 0.385 e. The molecule has 1 aliphatic heterocycles. The van der Waals surface area contributed by atoms with Crippen molar-refractivity contribution in [3.05, 3.63) is 58.4 Å². The number of hydrogen-bond donors (Lipinski definition) is 1. The van der Waals surface area contributed by atoms with Crippen molar-refractivity contribution in [1.29, 1.82) is 0 Å². The van der Waals surface area contributed by atoms with Crippen LogP contribution in [0.4, 0.5) is 0 Å². The van der Waals surface area contributed by atoms with Crippen LogP contribution in [0.15, 0.2) is 41.6 Å². The minimum absolute atomic E-state index is 0.0839. The Morgan fingerprint density at radius 1 is 1.27 bits per heavy atom. The van der Waals surface area contributed by atoms with Crippen molar-refractivity contribution in [2.24, 2.45) is 0 Å². The van der Waals surface area contributed by atoms with Crippen molar-refractivity contribution in [3.8, 4) is 0 Å². The van der Waals surface area contributed by atoms with Gasteiger partial charge in [0.25, 0.3) is 0 Å². The summed E-state index contributed by atoms with van der Waals surface area (Å²) >= 11 is 6.08. The smallest absolute Gasteiger partial charge is 0.248 e. The molecule has 180 valence electrons. The summed E-state index contributed by atoms with van der Waals surface area (Å²) in [6.45, 7) is 4.34. The predicted octanol–water partition coefficient (Wildman–Crippen LogP) is 2.50. The third-order valence-corrected chi connectivity index (χ3v) is 8.47. The number of sulfonamides is 1. The lowest BCUT2D eigenvalue weighted by atomic mass is 9.85. The average molecular weight is 496 g/mol. The molecule has 2 heterocycles. The van der Waals surface area contributed by atoms with E-state index in [0.717, 1.165) is 5.56 Å². The van der Waals surface area contributed by atoms with Crippen molar-refractivity contribution in [2.75, 3.05) is 39.9 Å². The van der Waals surface area contributed by atoms with Crippen molar-refractivity contribution < 1.29 is 23.1 Å². The molecule has 0 radical (unpaired) electrons. The molecule has 0 atom stereocenters. The second-order valence-corrected chi connectivity index (χ2v) is 10.8. The summed E-state index contributed by atoms with van der Waals surface area (Å²) in [6, 6.07) is 6.83. The molecule has 0 unspecified atom stereocenters. The van der Waals surface area contributed by atoms with Crippen LogP contribution in [0.5, 0.6) is 0 Å². The number of aromatic nitrogens is 1. The summed E-state index contributed by atoms with van der Waals surface area (Å²) in [5.74, 6) is -0.182. The highest BCUT2D eigenvalue weighted by atomic mass is 35.5. The van der Waals surface area contributed by atoms with Gasteiger partial charge in [-0.05, 0) is 56.0 Å². The molecule has 8 nitrogen and oxygen atoms in total. The molecule has 2 aromatic rings. The normalized spacial score (nSPS) is 16.2. The zero-order chi connectivity index (χ0) is 24.2. The summed E-state index contributed by atoms with van der Waals surface area (Å²) in [7, 11) is -2.22. The van der Waals surface area contributed by atoms with E-state index in [-0.39, 0.29) is 30.6 Å². The second kappa shape index (κ2) is 10.5. The Morgan fingerprint density at radius 3 is 2.61 bits per heavy atom. The van der Waals surface area contributed by atoms with Crippen LogP contribution in [0, 0.1) is 13.8 Å². The SMILES string of the molecule is Cc1cc(S(=O)(=O)N(C)CCOCC(=O)N2CCC(O)(c3cccnc3)CC2)c(C)cc1Cl. The molecule has 1 N–H and O–H groups in total. The number of halogens is 1. The van der Waals surface area contributed by atoms with Gasteiger partial charge in [0.15, 0.2) is 0 Å². The van der Waals surface area contributed by atoms with Gasteiger partial charge in [-0.2, -0.15) is 4.31 Å². The zero-order valence-electron chi connectivity index (χ0n) is 19.1. The fourth-order valence-corrected chi connectivity index (χ4v) is 5.48. The molecule has 1 aromatic carbocycles. The molecule has 1 amide bonds. The molecule has 1 fully saturated rings. The van der Waals surface area contributed by atoms with Gasteiger partial charge in [0.1, 0.15) is 6.61 Å². The minimum Gasteiger partial charge on any atom is -0.385 e. The van der Waals surface area contributed by atoms with E-state index in [9.17, 15) is 18.3 Å². The molecule has 3 rings (SSSR count). The molecule has 33 heavy (non-hydrogen) atoms. The van der Waals surface area contributed by atoms with Gasteiger partial charge in [0.2, 0.25) is 15.9 Å². The molecule has 1 aliphatic rings. The van der Waals surface area contributed by atoms with E-state index >= 15 is 0 Å². The maximum Gasteiger partial charge on any atom is 0.248 e. The number of rotatable bonds is 8. The predicted molar refractivity (Wildman–Crippen MR) is 126 cm³/mol. The van der Waals surface area contributed by atoms with Gasteiger partial charge in [-0.1, -0.05) is 17.7 Å². The number of hydrogen-bond acceptors (Lipinski definition) is 6. The standard InChI is InChI=1S/C23H30ClN3O5S/c1-17-14-21(18(2)13-20(17)24)33(30,31)26(3)11-12-32-16-22(28)27-9-6-23(29,7-10-27)19-5-4-8-25-15-19/h4-5,8,13-15,29H,6-7,9-12,16H2,1-3H3. The van der Waals surface area contributed by atoms with Crippen LogP contribution in [0.2, 0.25) is 5.02 Å². The molecule has 0 bridgehead atoms. The minimum atomic E-state index is -3.70. The molecular weight excluding hydrogens is 466 g/mol. The number of likely N-dealkylation sites (N-methyl/N-ethyl adjacent to an activating group) is 1. The number of piperidine rings is 1. The van der Waals surface area contributed by atoms with Crippen LogP contribution in [0.3, 0.4) is 0 Å². The summed E-state index contributed by atoms with van der Waals surface area (Å²) in [5, 5.41) is 11.4. The lowest BCUT2D eigenvalue weighted by molar-refractivity contribution is -0.140. The quantitative estimate of drug-likeness (QED) is 0.565. The Bertz CT molecular complexity index is 1090. The maximum atomic E-state index is 12.9. The fourth-order valence-electron chi connectivity index (χ4n) is 3.82. The van der Waals surface area contributed by atoms with Crippen molar-refractivity contribution in [3.63, 3.8) is 0 Å². The Balaban J connectivity index is 1.46. The van der Waals surface area contributed by atoms with Crippen molar-refractivity contribution in [1.82, 2.24) is 14.2 Å². The molecule has 1 saturated heterocycles. The van der Waals surface area contributed by atoms with E-state index < -0.39 is 15.6 Å². The summed E-state index contributed by atoms with van der Waals surface area (Å²) in [5.41, 5.74) is 1.03. The molecule has 0 aliphatic carbocycles. The number of pyridine rings is 1. The lowest BCUT2D eigenvalue weighted by Crippen LogP contribution is -2.46. The Labute approximate surface area is 200 Å². The van der Waals surface area contributed by atoms with Crippen LogP contribution in [-0.2, 0) is 25.2 Å². The van der Waals surface area contributed by atoms with E-state index in [0.29, 0.717) is 42.1 Å². The Hall–Kier alpha value is -2.04. The van der Waals surface area contributed by atoms with Gasteiger partial charge in [-0.25, -0.2) is 8.42 Å². The van der Waals surface area contributed by atoms with Crippen LogP contribution in [0.1, 0.15) is 29.5 Å². The van der Waals surface area contributed by atoms with E-state index in [1.807, 2.05) is 6.07 Å². The highest BCUT2D eigenvalue weighted by molar-refractivity contribution is 7.89. The number of aliphatic hydroxyl groups is 1. The van der Waals surface area contributed by atoms with Crippen molar-refractivity contribution >= 4 is 27.5 Å². The number of aryl methyl sites for hydroxylation is 2. The number of nitrogens with zero attached hydrogens (tertiary/aromatic N) is 3. The first-order valence-electron chi connectivity index (χ1n) is 10.8. The maximum absolute atomic E-state index is 12.9.